The van der Waals surface area contributed by atoms with Crippen LogP contribution in [0.15, 0.2) is 24.3 Å². The number of halogens is 1. The van der Waals surface area contributed by atoms with Crippen LogP contribution in [0.5, 0.6) is 0 Å². The first-order chi connectivity index (χ1) is 9.15. The minimum atomic E-state index is -0.117. The highest BCUT2D eigenvalue weighted by molar-refractivity contribution is 6.17. The zero-order valence-corrected chi connectivity index (χ0v) is 11.8. The molecule has 1 rings (SSSR count). The first kappa shape index (κ1) is 15.5. The summed E-state index contributed by atoms with van der Waals surface area (Å²) in [5, 5.41) is 5.50. The molecule has 2 N–H and O–H groups in total. The van der Waals surface area contributed by atoms with Crippen LogP contribution in [0.1, 0.15) is 28.8 Å². The molecule has 19 heavy (non-hydrogen) atoms. The molecule has 1 aromatic carbocycles. The molecule has 0 bridgehead atoms. The number of carbonyl (C=O) groups is 2. The molecule has 0 aliphatic carbocycles. The Morgan fingerprint density at radius 1 is 1.16 bits per heavy atom. The summed E-state index contributed by atoms with van der Waals surface area (Å²) >= 11 is 5.49. The SMILES string of the molecule is Cc1ccccc1C(=O)NCCNC(=O)CCCCl. The van der Waals surface area contributed by atoms with Crippen LogP contribution in [0.3, 0.4) is 0 Å². The van der Waals surface area contributed by atoms with E-state index in [1.54, 1.807) is 6.07 Å². The number of rotatable bonds is 7. The van der Waals surface area contributed by atoms with Crippen LogP contribution in [0.25, 0.3) is 0 Å². The van der Waals surface area contributed by atoms with E-state index in [2.05, 4.69) is 10.6 Å². The van der Waals surface area contributed by atoms with Crippen LogP contribution in [-0.2, 0) is 4.79 Å². The van der Waals surface area contributed by atoms with Gasteiger partial charge in [0.15, 0.2) is 0 Å². The smallest absolute Gasteiger partial charge is 0.251 e. The van der Waals surface area contributed by atoms with Crippen LogP contribution in [0.2, 0.25) is 0 Å². The predicted molar refractivity (Wildman–Crippen MR) is 76.5 cm³/mol. The second-order valence-electron chi connectivity index (χ2n) is 4.21. The van der Waals surface area contributed by atoms with Gasteiger partial charge in [0, 0.05) is 31.0 Å². The van der Waals surface area contributed by atoms with Gasteiger partial charge in [-0.2, -0.15) is 0 Å². The molecule has 0 unspecified atom stereocenters. The van der Waals surface area contributed by atoms with Gasteiger partial charge < -0.3 is 10.6 Å². The van der Waals surface area contributed by atoms with E-state index in [-0.39, 0.29) is 11.8 Å². The maximum atomic E-state index is 11.8. The Kier molecular flexibility index (Phi) is 6.97. The summed E-state index contributed by atoms with van der Waals surface area (Å²) in [6.45, 7) is 2.74. The number of nitrogens with one attached hydrogen (secondary N) is 2. The van der Waals surface area contributed by atoms with E-state index in [1.165, 1.54) is 0 Å². The van der Waals surface area contributed by atoms with E-state index in [4.69, 9.17) is 11.6 Å². The lowest BCUT2D eigenvalue weighted by Crippen LogP contribution is -2.34. The van der Waals surface area contributed by atoms with E-state index in [1.807, 2.05) is 25.1 Å². The van der Waals surface area contributed by atoms with Crippen molar-refractivity contribution < 1.29 is 9.59 Å². The Hall–Kier alpha value is -1.55. The van der Waals surface area contributed by atoms with E-state index < -0.39 is 0 Å². The quantitative estimate of drug-likeness (QED) is 0.592. The van der Waals surface area contributed by atoms with E-state index in [9.17, 15) is 9.59 Å². The molecule has 0 saturated carbocycles. The Labute approximate surface area is 118 Å². The fourth-order valence-electron chi connectivity index (χ4n) is 1.62. The fourth-order valence-corrected chi connectivity index (χ4v) is 1.75. The summed E-state index contributed by atoms with van der Waals surface area (Å²) in [6, 6.07) is 7.39. The lowest BCUT2D eigenvalue weighted by atomic mass is 10.1. The average molecular weight is 283 g/mol. The average Bonchev–Trinajstić information content (AvgIpc) is 2.41. The zero-order chi connectivity index (χ0) is 14.1. The first-order valence-corrected chi connectivity index (χ1v) is 6.85. The Balaban J connectivity index is 2.25. The van der Waals surface area contributed by atoms with E-state index in [0.29, 0.717) is 37.4 Å². The Morgan fingerprint density at radius 2 is 1.84 bits per heavy atom. The molecular weight excluding hydrogens is 264 g/mol. The predicted octanol–water partition coefficient (Wildman–Crippen LogP) is 1.86. The van der Waals surface area contributed by atoms with Gasteiger partial charge in [-0.25, -0.2) is 0 Å². The minimum absolute atomic E-state index is 0.0363. The van der Waals surface area contributed by atoms with Crippen molar-refractivity contribution in [2.24, 2.45) is 0 Å². The lowest BCUT2D eigenvalue weighted by molar-refractivity contribution is -0.121. The molecule has 0 spiro atoms. The van der Waals surface area contributed by atoms with Gasteiger partial charge in [0.1, 0.15) is 0 Å². The minimum Gasteiger partial charge on any atom is -0.354 e. The molecule has 0 heterocycles. The Morgan fingerprint density at radius 3 is 2.53 bits per heavy atom. The molecule has 0 fully saturated rings. The number of aryl methyl sites for hydroxylation is 1. The highest BCUT2D eigenvalue weighted by atomic mass is 35.5. The van der Waals surface area contributed by atoms with Crippen molar-refractivity contribution in [2.75, 3.05) is 19.0 Å². The number of hydrogen-bond donors (Lipinski definition) is 2. The molecule has 1 aromatic rings. The highest BCUT2D eigenvalue weighted by Gasteiger charge is 2.07. The number of amides is 2. The normalized spacial score (nSPS) is 10.0. The van der Waals surface area contributed by atoms with Crippen molar-refractivity contribution in [3.63, 3.8) is 0 Å². The van der Waals surface area contributed by atoms with Crippen molar-refractivity contribution in [1.82, 2.24) is 10.6 Å². The maximum Gasteiger partial charge on any atom is 0.251 e. The largest absolute Gasteiger partial charge is 0.354 e. The first-order valence-electron chi connectivity index (χ1n) is 6.31. The molecule has 0 aliphatic rings. The summed E-state index contributed by atoms with van der Waals surface area (Å²) in [4.78, 5) is 23.1. The van der Waals surface area contributed by atoms with Gasteiger partial charge in [-0.15, -0.1) is 11.6 Å². The number of benzene rings is 1. The van der Waals surface area contributed by atoms with Crippen LogP contribution in [0, 0.1) is 6.92 Å². The lowest BCUT2D eigenvalue weighted by Gasteiger charge is -2.08. The van der Waals surface area contributed by atoms with Crippen molar-refractivity contribution >= 4 is 23.4 Å². The second kappa shape index (κ2) is 8.53. The van der Waals surface area contributed by atoms with Crippen molar-refractivity contribution in [2.45, 2.75) is 19.8 Å². The third-order valence-electron chi connectivity index (χ3n) is 2.66. The maximum absolute atomic E-state index is 11.8. The van der Waals surface area contributed by atoms with Crippen molar-refractivity contribution in [3.8, 4) is 0 Å². The monoisotopic (exact) mass is 282 g/mol. The Bertz CT molecular complexity index is 435. The van der Waals surface area contributed by atoms with Crippen molar-refractivity contribution in [1.29, 1.82) is 0 Å². The van der Waals surface area contributed by atoms with Gasteiger partial charge in [0.05, 0.1) is 0 Å². The van der Waals surface area contributed by atoms with Crippen LogP contribution in [0.4, 0.5) is 0 Å². The third kappa shape index (κ3) is 5.75. The molecule has 104 valence electrons. The second-order valence-corrected chi connectivity index (χ2v) is 4.59. The van der Waals surface area contributed by atoms with Gasteiger partial charge in [-0.1, -0.05) is 18.2 Å². The fraction of sp³-hybridized carbons (Fsp3) is 0.429. The van der Waals surface area contributed by atoms with Gasteiger partial charge in [0.2, 0.25) is 5.91 Å². The van der Waals surface area contributed by atoms with Gasteiger partial charge in [-0.05, 0) is 25.0 Å². The molecule has 0 aliphatic heterocycles. The third-order valence-corrected chi connectivity index (χ3v) is 2.93. The van der Waals surface area contributed by atoms with Crippen LogP contribution < -0.4 is 10.6 Å². The summed E-state index contributed by atoms with van der Waals surface area (Å²) in [7, 11) is 0. The highest BCUT2D eigenvalue weighted by Crippen LogP contribution is 2.05. The molecule has 0 saturated heterocycles. The summed E-state index contributed by atoms with van der Waals surface area (Å²) in [5.74, 6) is 0.330. The van der Waals surface area contributed by atoms with Crippen LogP contribution in [-0.4, -0.2) is 30.8 Å². The molecule has 0 radical (unpaired) electrons. The van der Waals surface area contributed by atoms with Gasteiger partial charge in [0.25, 0.3) is 5.91 Å². The number of hydrogen-bond acceptors (Lipinski definition) is 2. The molecule has 4 nitrogen and oxygen atoms in total. The summed E-state index contributed by atoms with van der Waals surface area (Å²) in [5.41, 5.74) is 1.60. The summed E-state index contributed by atoms with van der Waals surface area (Å²) in [6.07, 6.45) is 1.10. The molecule has 0 atom stereocenters. The zero-order valence-electron chi connectivity index (χ0n) is 11.0. The molecular formula is C14H19ClN2O2. The number of alkyl halides is 1. The molecule has 5 heteroatoms. The van der Waals surface area contributed by atoms with Crippen molar-refractivity contribution in [3.05, 3.63) is 35.4 Å². The standard InChI is InChI=1S/C14H19ClN2O2/c1-11-5-2-3-6-12(11)14(19)17-10-9-16-13(18)7-4-8-15/h2-3,5-6H,4,7-10H2,1H3,(H,16,18)(H,17,19). The van der Waals surface area contributed by atoms with Gasteiger partial charge in [-0.3, -0.25) is 9.59 Å². The van der Waals surface area contributed by atoms with Crippen LogP contribution >= 0.6 is 11.6 Å². The van der Waals surface area contributed by atoms with Gasteiger partial charge >= 0.3 is 0 Å². The summed E-state index contributed by atoms with van der Waals surface area (Å²) < 4.78 is 0. The van der Waals surface area contributed by atoms with E-state index >= 15 is 0 Å². The molecule has 2 amide bonds. The number of carbonyl (C=O) groups excluding carboxylic acids is 2. The molecule has 0 aromatic heterocycles. The van der Waals surface area contributed by atoms with E-state index in [0.717, 1.165) is 5.56 Å². The topological polar surface area (TPSA) is 58.2 Å².